The molecule has 2 heterocycles. The number of aromatic nitrogens is 2. The monoisotopic (exact) mass is 650 g/mol. The number of carboxylic acid groups (broad SMARTS) is 2. The standard InChI is InChI=1S/C14H16Cl2N4O3S2.2C2HF3O2/c1-8-12(24-14(18-8)19-9(2)21)10-6-11(13(16)17-7-10)20-25(22,23)5-3-4-15;2*3-2(4,5)1(6)7/h6-7,20H,3-5H2,1-2H3,(H,18,19,21);2*(H,6,7). The number of carbonyl (C=O) groups excluding carboxylic acids is 1. The van der Waals surface area contributed by atoms with E-state index >= 15 is 0 Å². The summed E-state index contributed by atoms with van der Waals surface area (Å²) in [6.07, 6.45) is -8.31. The molecule has 4 N–H and O–H groups in total. The summed E-state index contributed by atoms with van der Waals surface area (Å²) in [4.78, 5) is 38.0. The van der Waals surface area contributed by atoms with Gasteiger partial charge in [-0.15, -0.1) is 11.6 Å². The van der Waals surface area contributed by atoms with Crippen LogP contribution in [0.15, 0.2) is 12.3 Å². The second-order valence-corrected chi connectivity index (χ2v) is 10.3. The van der Waals surface area contributed by atoms with Crippen LogP contribution in [0.4, 0.5) is 37.2 Å². The van der Waals surface area contributed by atoms with E-state index in [1.165, 1.54) is 24.5 Å². The minimum atomic E-state index is -5.08. The first-order valence-corrected chi connectivity index (χ1v) is 13.1. The van der Waals surface area contributed by atoms with Crippen LogP contribution in [0.2, 0.25) is 5.15 Å². The van der Waals surface area contributed by atoms with Gasteiger partial charge in [0.1, 0.15) is 0 Å². The van der Waals surface area contributed by atoms with Gasteiger partial charge in [-0.2, -0.15) is 26.3 Å². The molecule has 0 unspecified atom stereocenters. The third kappa shape index (κ3) is 14.2. The lowest BCUT2D eigenvalue weighted by molar-refractivity contribution is -0.193. The Morgan fingerprint density at radius 2 is 1.56 bits per heavy atom. The van der Waals surface area contributed by atoms with E-state index in [0.717, 1.165) is 4.88 Å². The minimum Gasteiger partial charge on any atom is -0.475 e. The molecule has 2 aromatic heterocycles. The molecule has 0 saturated carbocycles. The van der Waals surface area contributed by atoms with Crippen LogP contribution in [0.3, 0.4) is 0 Å². The quantitative estimate of drug-likeness (QED) is 0.187. The van der Waals surface area contributed by atoms with E-state index in [9.17, 15) is 39.6 Å². The number of aliphatic carboxylic acids is 2. The van der Waals surface area contributed by atoms with Gasteiger partial charge in [-0.3, -0.25) is 9.52 Å². The fraction of sp³-hybridized carbons (Fsp3) is 0.389. The third-order valence-corrected chi connectivity index (χ3v) is 6.53. The molecule has 220 valence electrons. The summed E-state index contributed by atoms with van der Waals surface area (Å²) in [5.74, 6) is -5.59. The SMILES string of the molecule is CC(=O)Nc1nc(C)c(-c2cnc(Cl)c(NS(=O)(=O)CCCCl)c2)s1.O=C(O)C(F)(F)F.O=C(O)C(F)(F)F. The number of nitrogens with one attached hydrogen (secondary N) is 2. The van der Waals surface area contributed by atoms with Gasteiger partial charge in [-0.25, -0.2) is 28.0 Å². The van der Waals surface area contributed by atoms with Crippen molar-refractivity contribution in [2.45, 2.75) is 32.6 Å². The Kier molecular flexibility index (Phi) is 13.9. The minimum absolute atomic E-state index is 0.0439. The van der Waals surface area contributed by atoms with Crippen molar-refractivity contribution in [3.63, 3.8) is 0 Å². The number of rotatable bonds is 7. The summed E-state index contributed by atoms with van der Waals surface area (Å²) in [5.41, 5.74) is 1.52. The summed E-state index contributed by atoms with van der Waals surface area (Å²) in [7, 11) is -3.57. The molecule has 0 aromatic carbocycles. The van der Waals surface area contributed by atoms with Crippen LogP contribution in [0.25, 0.3) is 10.4 Å². The van der Waals surface area contributed by atoms with E-state index in [4.69, 9.17) is 43.0 Å². The Bertz CT molecular complexity index is 1250. The number of pyridine rings is 1. The number of nitrogens with zero attached hydrogens (tertiary/aromatic N) is 2. The van der Waals surface area contributed by atoms with Crippen LogP contribution in [-0.4, -0.2) is 70.4 Å². The van der Waals surface area contributed by atoms with Crippen molar-refractivity contribution in [1.29, 1.82) is 0 Å². The molecule has 0 aliphatic rings. The number of carbonyl (C=O) groups is 3. The maximum Gasteiger partial charge on any atom is 0.490 e. The van der Waals surface area contributed by atoms with Gasteiger partial charge in [-0.1, -0.05) is 22.9 Å². The average Bonchev–Trinajstić information content (AvgIpc) is 3.12. The number of sulfonamides is 1. The summed E-state index contributed by atoms with van der Waals surface area (Å²) in [6.45, 7) is 3.18. The summed E-state index contributed by atoms with van der Waals surface area (Å²) >= 11 is 12.8. The Morgan fingerprint density at radius 3 is 1.97 bits per heavy atom. The molecule has 0 radical (unpaired) electrons. The van der Waals surface area contributed by atoms with E-state index < -0.39 is 34.3 Å². The van der Waals surface area contributed by atoms with Crippen LogP contribution in [0, 0.1) is 6.92 Å². The number of halogens is 8. The lowest BCUT2D eigenvalue weighted by Crippen LogP contribution is -2.21. The maximum atomic E-state index is 12.0. The van der Waals surface area contributed by atoms with E-state index in [1.807, 2.05) is 0 Å². The Balaban J connectivity index is 0.000000848. The zero-order valence-corrected chi connectivity index (χ0v) is 22.6. The molecular formula is C18H18Cl2F6N4O7S2. The molecule has 0 spiro atoms. The molecule has 11 nitrogen and oxygen atoms in total. The third-order valence-electron chi connectivity index (χ3n) is 3.48. The number of aryl methyl sites for hydroxylation is 1. The topological polar surface area (TPSA) is 176 Å². The average molecular weight is 651 g/mol. The molecule has 1 amide bonds. The van der Waals surface area contributed by atoms with E-state index in [0.29, 0.717) is 22.8 Å². The highest BCUT2D eigenvalue weighted by Crippen LogP contribution is 2.35. The van der Waals surface area contributed by atoms with Gasteiger partial charge >= 0.3 is 24.3 Å². The van der Waals surface area contributed by atoms with E-state index in [-0.39, 0.29) is 28.4 Å². The number of alkyl halides is 7. The number of anilines is 2. The second-order valence-electron chi connectivity index (χ2n) is 6.75. The molecule has 0 atom stereocenters. The van der Waals surface area contributed by atoms with Gasteiger partial charge in [0.25, 0.3) is 0 Å². The van der Waals surface area contributed by atoms with Crippen molar-refractivity contribution >= 4 is 73.2 Å². The molecule has 39 heavy (non-hydrogen) atoms. The summed E-state index contributed by atoms with van der Waals surface area (Å²) in [6, 6.07) is 1.59. The lowest BCUT2D eigenvalue weighted by atomic mass is 10.2. The molecule has 2 aromatic rings. The van der Waals surface area contributed by atoms with Gasteiger partial charge in [0.15, 0.2) is 10.3 Å². The normalized spacial score (nSPS) is 11.3. The number of amides is 1. The van der Waals surface area contributed by atoms with Crippen molar-refractivity contribution in [3.8, 4) is 10.4 Å². The van der Waals surface area contributed by atoms with Crippen LogP contribution in [0.1, 0.15) is 19.0 Å². The Hall–Kier alpha value is -2.90. The molecular weight excluding hydrogens is 633 g/mol. The first kappa shape index (κ1) is 36.1. The number of thiazole rings is 1. The van der Waals surface area contributed by atoms with Crippen LogP contribution >= 0.6 is 34.5 Å². The lowest BCUT2D eigenvalue weighted by Gasteiger charge is -2.10. The van der Waals surface area contributed by atoms with Crippen LogP contribution in [-0.2, 0) is 24.4 Å². The molecule has 0 saturated heterocycles. The zero-order valence-electron chi connectivity index (χ0n) is 19.4. The molecule has 21 heteroatoms. The summed E-state index contributed by atoms with van der Waals surface area (Å²) < 4.78 is 90.0. The highest BCUT2D eigenvalue weighted by Gasteiger charge is 2.38. The molecule has 0 aliphatic heterocycles. The predicted octanol–water partition coefficient (Wildman–Crippen LogP) is 4.76. The number of hydrogen-bond donors (Lipinski definition) is 4. The maximum absolute atomic E-state index is 12.0. The summed E-state index contributed by atoms with van der Waals surface area (Å²) in [5, 5.41) is 17.4. The van der Waals surface area contributed by atoms with Gasteiger partial charge in [-0.05, 0) is 19.4 Å². The highest BCUT2D eigenvalue weighted by atomic mass is 35.5. The zero-order chi connectivity index (χ0) is 30.8. The second kappa shape index (κ2) is 15.0. The Morgan fingerprint density at radius 1 is 1.08 bits per heavy atom. The Labute approximate surface area is 230 Å². The fourth-order valence-corrected chi connectivity index (χ4v) is 4.58. The van der Waals surface area contributed by atoms with Crippen molar-refractivity contribution < 1.29 is 59.4 Å². The molecule has 0 bridgehead atoms. The van der Waals surface area contributed by atoms with Gasteiger partial charge in [0.2, 0.25) is 15.9 Å². The van der Waals surface area contributed by atoms with E-state index in [1.54, 1.807) is 13.0 Å². The number of carboxylic acids is 2. The number of hydrogen-bond acceptors (Lipinski definition) is 8. The van der Waals surface area contributed by atoms with Gasteiger partial charge in [0, 0.05) is 24.6 Å². The fourth-order valence-electron chi connectivity index (χ4n) is 1.98. The van der Waals surface area contributed by atoms with E-state index in [2.05, 4.69) is 20.0 Å². The largest absolute Gasteiger partial charge is 0.490 e. The van der Waals surface area contributed by atoms with Crippen molar-refractivity contribution in [3.05, 3.63) is 23.1 Å². The van der Waals surface area contributed by atoms with Crippen molar-refractivity contribution in [1.82, 2.24) is 9.97 Å². The van der Waals surface area contributed by atoms with Crippen molar-refractivity contribution in [2.24, 2.45) is 0 Å². The first-order chi connectivity index (χ1) is 17.6. The molecule has 0 aliphatic carbocycles. The molecule has 0 fully saturated rings. The predicted molar refractivity (Wildman–Crippen MR) is 130 cm³/mol. The molecule has 2 rings (SSSR count). The van der Waals surface area contributed by atoms with Crippen LogP contribution in [0.5, 0.6) is 0 Å². The van der Waals surface area contributed by atoms with Crippen LogP contribution < -0.4 is 10.0 Å². The highest BCUT2D eigenvalue weighted by molar-refractivity contribution is 7.92. The van der Waals surface area contributed by atoms with Crippen molar-refractivity contribution in [2.75, 3.05) is 21.7 Å². The van der Waals surface area contributed by atoms with Gasteiger partial charge < -0.3 is 15.5 Å². The van der Waals surface area contributed by atoms with Gasteiger partial charge in [0.05, 0.1) is 22.0 Å². The smallest absolute Gasteiger partial charge is 0.475 e. The first-order valence-electron chi connectivity index (χ1n) is 9.68.